The van der Waals surface area contributed by atoms with Crippen LogP contribution in [-0.2, 0) is 9.84 Å². The van der Waals surface area contributed by atoms with Crippen LogP contribution in [-0.4, -0.2) is 33.6 Å². The van der Waals surface area contributed by atoms with Crippen LogP contribution < -0.4 is 20.7 Å². The molecule has 6 nitrogen and oxygen atoms in total. The van der Waals surface area contributed by atoms with Crippen LogP contribution in [0.3, 0.4) is 0 Å². The van der Waals surface area contributed by atoms with Gasteiger partial charge in [0.2, 0.25) is 0 Å². The molecule has 0 saturated carbocycles. The van der Waals surface area contributed by atoms with Gasteiger partial charge in [-0.3, -0.25) is 11.3 Å². The molecule has 1 unspecified atom stereocenters. The summed E-state index contributed by atoms with van der Waals surface area (Å²) in [5, 5.41) is 0. The zero-order valence-corrected chi connectivity index (χ0v) is 11.6. The number of nitrogens with one attached hydrogen (secondary N) is 1. The number of sulfone groups is 1. The van der Waals surface area contributed by atoms with E-state index in [4.69, 9.17) is 15.3 Å². The normalized spacial score (nSPS) is 16.1. The molecule has 1 aliphatic rings. The van der Waals surface area contributed by atoms with Gasteiger partial charge in [-0.05, 0) is 24.1 Å². The fraction of sp³-hybridized carbons (Fsp3) is 0.500. The number of hydrazine groups is 1. The molecule has 1 aromatic rings. The van der Waals surface area contributed by atoms with Crippen LogP contribution >= 0.6 is 0 Å². The maximum absolute atomic E-state index is 11.2. The second kappa shape index (κ2) is 5.77. The van der Waals surface area contributed by atoms with Crippen molar-refractivity contribution < 1.29 is 17.9 Å². The third kappa shape index (κ3) is 3.82. The zero-order valence-electron chi connectivity index (χ0n) is 10.8. The molecule has 0 radical (unpaired) electrons. The van der Waals surface area contributed by atoms with E-state index in [0.717, 1.165) is 5.56 Å². The lowest BCUT2D eigenvalue weighted by Crippen LogP contribution is -2.29. The van der Waals surface area contributed by atoms with Crippen molar-refractivity contribution in [2.45, 2.75) is 12.5 Å². The highest BCUT2D eigenvalue weighted by Crippen LogP contribution is 2.33. The molecule has 0 aromatic heterocycles. The minimum atomic E-state index is -3.01. The number of ether oxygens (including phenoxy) is 2. The molecule has 0 saturated heterocycles. The Labute approximate surface area is 112 Å². The molecule has 0 bridgehead atoms. The molecule has 19 heavy (non-hydrogen) atoms. The van der Waals surface area contributed by atoms with Crippen LogP contribution in [0.1, 0.15) is 18.0 Å². The molecule has 0 aliphatic carbocycles. The maximum atomic E-state index is 11.2. The van der Waals surface area contributed by atoms with Crippen LogP contribution in [0.2, 0.25) is 0 Å². The molecule has 1 atom stereocenters. The second-order valence-electron chi connectivity index (χ2n) is 4.54. The average Bonchev–Trinajstić information content (AvgIpc) is 2.38. The van der Waals surface area contributed by atoms with Crippen molar-refractivity contribution in [3.05, 3.63) is 23.8 Å². The van der Waals surface area contributed by atoms with Crippen molar-refractivity contribution in [3.8, 4) is 11.5 Å². The van der Waals surface area contributed by atoms with Gasteiger partial charge in [0.1, 0.15) is 23.1 Å². The van der Waals surface area contributed by atoms with Gasteiger partial charge in [0.15, 0.2) is 11.5 Å². The number of nitrogens with two attached hydrogens (primary N) is 1. The lowest BCUT2D eigenvalue weighted by atomic mass is 10.0. The first-order chi connectivity index (χ1) is 8.99. The Hall–Kier alpha value is -1.31. The van der Waals surface area contributed by atoms with Crippen molar-refractivity contribution in [2.75, 3.05) is 25.2 Å². The molecular formula is C12H18N2O4S. The predicted octanol–water partition coefficient (Wildman–Crippen LogP) is 0.397. The fourth-order valence-corrected chi connectivity index (χ4v) is 2.62. The summed E-state index contributed by atoms with van der Waals surface area (Å²) in [6.45, 7) is 1.06. The fourth-order valence-electron chi connectivity index (χ4n) is 1.95. The third-order valence-electron chi connectivity index (χ3n) is 2.95. The largest absolute Gasteiger partial charge is 0.486 e. The first-order valence-electron chi connectivity index (χ1n) is 6.03. The van der Waals surface area contributed by atoms with E-state index in [9.17, 15) is 8.42 Å². The molecular weight excluding hydrogens is 268 g/mol. The van der Waals surface area contributed by atoms with E-state index in [2.05, 4.69) is 5.43 Å². The van der Waals surface area contributed by atoms with Crippen LogP contribution in [0, 0.1) is 0 Å². The minimum Gasteiger partial charge on any atom is -0.486 e. The van der Waals surface area contributed by atoms with Crippen LogP contribution in [0.5, 0.6) is 11.5 Å². The lowest BCUT2D eigenvalue weighted by Gasteiger charge is -2.21. The van der Waals surface area contributed by atoms with Gasteiger partial charge in [0, 0.05) is 12.3 Å². The van der Waals surface area contributed by atoms with E-state index >= 15 is 0 Å². The van der Waals surface area contributed by atoms with Gasteiger partial charge in [-0.2, -0.15) is 0 Å². The van der Waals surface area contributed by atoms with E-state index in [1.807, 2.05) is 18.2 Å². The molecule has 0 amide bonds. The molecule has 1 aliphatic heterocycles. The molecule has 1 heterocycles. The van der Waals surface area contributed by atoms with E-state index in [1.54, 1.807) is 0 Å². The summed E-state index contributed by atoms with van der Waals surface area (Å²) in [5.41, 5.74) is 3.52. The van der Waals surface area contributed by atoms with E-state index in [0.29, 0.717) is 31.1 Å². The number of benzene rings is 1. The first kappa shape index (κ1) is 14.1. The highest BCUT2D eigenvalue weighted by molar-refractivity contribution is 7.90. The number of rotatable bonds is 5. The average molecular weight is 286 g/mol. The van der Waals surface area contributed by atoms with Crippen molar-refractivity contribution in [1.29, 1.82) is 0 Å². The SMILES string of the molecule is CS(=O)(=O)CCC(NN)c1ccc2c(c1)OCCO2. The second-order valence-corrected chi connectivity index (χ2v) is 6.80. The van der Waals surface area contributed by atoms with Crippen molar-refractivity contribution in [2.24, 2.45) is 5.84 Å². The van der Waals surface area contributed by atoms with E-state index in [1.165, 1.54) is 6.26 Å². The van der Waals surface area contributed by atoms with Gasteiger partial charge in [-0.25, -0.2) is 8.42 Å². The van der Waals surface area contributed by atoms with Crippen molar-refractivity contribution >= 4 is 9.84 Å². The van der Waals surface area contributed by atoms with E-state index < -0.39 is 9.84 Å². The predicted molar refractivity (Wildman–Crippen MR) is 71.8 cm³/mol. The monoisotopic (exact) mass is 286 g/mol. The lowest BCUT2D eigenvalue weighted by molar-refractivity contribution is 0.171. The summed E-state index contributed by atoms with van der Waals surface area (Å²) >= 11 is 0. The van der Waals surface area contributed by atoms with Crippen LogP contribution in [0.4, 0.5) is 0 Å². The molecule has 7 heteroatoms. The highest BCUT2D eigenvalue weighted by Gasteiger charge is 2.17. The number of hydrogen-bond acceptors (Lipinski definition) is 6. The van der Waals surface area contributed by atoms with Gasteiger partial charge in [0.25, 0.3) is 0 Å². The Morgan fingerprint density at radius 2 is 2.00 bits per heavy atom. The standard InChI is InChI=1S/C12H18N2O4S/c1-19(15,16)7-4-10(14-13)9-2-3-11-12(8-9)18-6-5-17-11/h2-3,8,10,14H,4-7,13H2,1H3. The maximum Gasteiger partial charge on any atom is 0.161 e. The summed E-state index contributed by atoms with van der Waals surface area (Å²) < 4.78 is 33.3. The van der Waals surface area contributed by atoms with Gasteiger partial charge >= 0.3 is 0 Å². The summed E-state index contributed by atoms with van der Waals surface area (Å²) in [6.07, 6.45) is 1.62. The molecule has 0 fully saturated rings. The Morgan fingerprint density at radius 3 is 2.63 bits per heavy atom. The Bertz CT molecular complexity index is 545. The number of fused-ring (bicyclic) bond motifs is 1. The molecule has 0 spiro atoms. The third-order valence-corrected chi connectivity index (χ3v) is 3.92. The Kier molecular flexibility index (Phi) is 4.28. The smallest absolute Gasteiger partial charge is 0.161 e. The molecule has 106 valence electrons. The van der Waals surface area contributed by atoms with E-state index in [-0.39, 0.29) is 11.8 Å². The van der Waals surface area contributed by atoms with Crippen molar-refractivity contribution in [1.82, 2.24) is 5.43 Å². The molecule has 2 rings (SSSR count). The number of hydrogen-bond donors (Lipinski definition) is 2. The van der Waals surface area contributed by atoms with Gasteiger partial charge in [-0.1, -0.05) is 6.07 Å². The summed E-state index contributed by atoms with van der Waals surface area (Å²) in [7, 11) is -3.01. The van der Waals surface area contributed by atoms with Crippen molar-refractivity contribution in [3.63, 3.8) is 0 Å². The Morgan fingerprint density at radius 1 is 1.32 bits per heavy atom. The van der Waals surface area contributed by atoms with Gasteiger partial charge in [0.05, 0.1) is 5.75 Å². The first-order valence-corrected chi connectivity index (χ1v) is 8.09. The quantitative estimate of drug-likeness (QED) is 0.601. The topological polar surface area (TPSA) is 90.7 Å². The van der Waals surface area contributed by atoms with Gasteiger partial charge in [-0.15, -0.1) is 0 Å². The molecule has 1 aromatic carbocycles. The minimum absolute atomic E-state index is 0.0797. The van der Waals surface area contributed by atoms with Crippen LogP contribution in [0.25, 0.3) is 0 Å². The highest BCUT2D eigenvalue weighted by atomic mass is 32.2. The summed E-state index contributed by atoms with van der Waals surface area (Å²) in [4.78, 5) is 0. The van der Waals surface area contributed by atoms with Gasteiger partial charge < -0.3 is 9.47 Å². The molecule has 3 N–H and O–H groups in total. The van der Waals surface area contributed by atoms with Crippen LogP contribution in [0.15, 0.2) is 18.2 Å². The summed E-state index contributed by atoms with van der Waals surface area (Å²) in [6, 6.07) is 5.28. The zero-order chi connectivity index (χ0) is 13.9. The Balaban J connectivity index is 2.14. The summed E-state index contributed by atoms with van der Waals surface area (Å²) in [5.74, 6) is 6.95.